The van der Waals surface area contributed by atoms with Gasteiger partial charge in [-0.25, -0.2) is 4.79 Å². The largest absolute Gasteiger partial charge is 0.338 e. The number of nitrogens with zero attached hydrogens (tertiary/aromatic N) is 2. The third-order valence-electron chi connectivity index (χ3n) is 5.39. The van der Waals surface area contributed by atoms with Gasteiger partial charge in [-0.05, 0) is 42.5 Å². The van der Waals surface area contributed by atoms with Crippen LogP contribution in [0.5, 0.6) is 0 Å². The van der Waals surface area contributed by atoms with E-state index >= 15 is 0 Å². The molecule has 33 heavy (non-hydrogen) atoms. The molecule has 4 aromatic carbocycles. The summed E-state index contributed by atoms with van der Waals surface area (Å²) in [5.74, 6) is 0. The average Bonchev–Trinajstić information content (AvgIpc) is 3.15. The van der Waals surface area contributed by atoms with Crippen molar-refractivity contribution < 1.29 is 0 Å². The Hall–Kier alpha value is -3.24. The normalized spacial score (nSPS) is 11.0. The first-order valence-corrected chi connectivity index (χ1v) is 11.4. The fourth-order valence-corrected chi connectivity index (χ4v) is 4.34. The van der Waals surface area contributed by atoms with E-state index in [1.807, 2.05) is 72.8 Å². The zero-order chi connectivity index (χ0) is 22.9. The number of aromatic nitrogens is 2. The molecule has 0 bridgehead atoms. The first kappa shape index (κ1) is 21.6. The minimum absolute atomic E-state index is 0.228. The van der Waals surface area contributed by atoms with E-state index < -0.39 is 0 Å². The van der Waals surface area contributed by atoms with Crippen LogP contribution in [0.15, 0.2) is 108 Å². The molecule has 0 radical (unpaired) electrons. The van der Waals surface area contributed by atoms with Crippen molar-refractivity contribution in [1.29, 1.82) is 0 Å². The third kappa shape index (κ3) is 4.00. The quantitative estimate of drug-likeness (QED) is 0.251. The molecule has 0 unspecified atom stereocenters. The maximum Gasteiger partial charge on any atom is 0.338 e. The highest BCUT2D eigenvalue weighted by atomic mass is 35.5. The molecule has 162 valence electrons. The minimum atomic E-state index is -0.228. The molecule has 0 fully saturated rings. The van der Waals surface area contributed by atoms with Crippen LogP contribution < -0.4 is 5.69 Å². The molecule has 0 spiro atoms. The molecule has 0 atom stereocenters. The van der Waals surface area contributed by atoms with Gasteiger partial charge >= 0.3 is 5.69 Å². The summed E-state index contributed by atoms with van der Waals surface area (Å²) in [6.07, 6.45) is 0. The van der Waals surface area contributed by atoms with Gasteiger partial charge in [-0.3, -0.25) is 9.13 Å². The molecule has 0 amide bonds. The van der Waals surface area contributed by atoms with Crippen molar-refractivity contribution in [3.8, 4) is 33.9 Å². The lowest BCUT2D eigenvalue weighted by Gasteiger charge is -2.12. The molecular formula is C27H17Cl3N2O. The predicted molar refractivity (Wildman–Crippen MR) is 137 cm³/mol. The second-order valence-corrected chi connectivity index (χ2v) is 8.71. The first-order valence-electron chi connectivity index (χ1n) is 10.2. The molecule has 0 aliphatic heterocycles. The second kappa shape index (κ2) is 8.95. The highest BCUT2D eigenvalue weighted by Gasteiger charge is 2.24. The molecule has 3 nitrogen and oxygen atoms in total. The molecule has 0 N–H and O–H groups in total. The van der Waals surface area contributed by atoms with E-state index in [-0.39, 0.29) is 5.69 Å². The number of hydrogen-bond donors (Lipinski definition) is 0. The molecule has 0 aliphatic rings. The van der Waals surface area contributed by atoms with E-state index in [1.165, 1.54) is 0 Å². The maximum absolute atomic E-state index is 14.1. The summed E-state index contributed by atoms with van der Waals surface area (Å²) < 4.78 is 3.38. The Balaban J connectivity index is 1.95. The van der Waals surface area contributed by atoms with Gasteiger partial charge in [-0.1, -0.05) is 95.5 Å². The molecule has 0 aliphatic carbocycles. The number of halogens is 3. The molecule has 1 aromatic heterocycles. The van der Waals surface area contributed by atoms with Crippen LogP contribution in [0.25, 0.3) is 33.9 Å². The van der Waals surface area contributed by atoms with E-state index in [0.29, 0.717) is 26.4 Å². The number of hydrogen-bond acceptors (Lipinski definition) is 1. The van der Waals surface area contributed by atoms with E-state index in [1.54, 1.807) is 39.5 Å². The van der Waals surface area contributed by atoms with Gasteiger partial charge in [0.2, 0.25) is 0 Å². The topological polar surface area (TPSA) is 26.9 Å². The number of imidazole rings is 1. The van der Waals surface area contributed by atoms with Crippen LogP contribution in [0.2, 0.25) is 15.1 Å². The van der Waals surface area contributed by atoms with E-state index in [0.717, 1.165) is 22.5 Å². The monoisotopic (exact) mass is 490 g/mol. The van der Waals surface area contributed by atoms with Gasteiger partial charge in [-0.15, -0.1) is 0 Å². The summed E-state index contributed by atoms with van der Waals surface area (Å²) >= 11 is 18.7. The highest BCUT2D eigenvalue weighted by Crippen LogP contribution is 2.36. The van der Waals surface area contributed by atoms with Crippen LogP contribution in [0, 0.1) is 0 Å². The Morgan fingerprint density at radius 1 is 0.515 bits per heavy atom. The smallest absolute Gasteiger partial charge is 0.260 e. The van der Waals surface area contributed by atoms with Crippen molar-refractivity contribution >= 4 is 34.8 Å². The fraction of sp³-hybridized carbons (Fsp3) is 0. The van der Waals surface area contributed by atoms with Gasteiger partial charge in [0.25, 0.3) is 0 Å². The summed E-state index contributed by atoms with van der Waals surface area (Å²) in [4.78, 5) is 14.1. The summed E-state index contributed by atoms with van der Waals surface area (Å²) in [6.45, 7) is 0. The van der Waals surface area contributed by atoms with Crippen molar-refractivity contribution in [3.05, 3.63) is 129 Å². The van der Waals surface area contributed by atoms with E-state index in [2.05, 4.69) is 0 Å². The van der Waals surface area contributed by atoms with Crippen molar-refractivity contribution in [2.75, 3.05) is 0 Å². The van der Waals surface area contributed by atoms with E-state index in [4.69, 9.17) is 34.8 Å². The number of rotatable bonds is 4. The van der Waals surface area contributed by atoms with Crippen molar-refractivity contribution in [2.45, 2.75) is 0 Å². The lowest BCUT2D eigenvalue weighted by Crippen LogP contribution is -2.22. The Bertz CT molecular complexity index is 1490. The van der Waals surface area contributed by atoms with Crippen LogP contribution in [0.3, 0.4) is 0 Å². The molecule has 5 rings (SSSR count). The molecule has 1 heterocycles. The zero-order valence-electron chi connectivity index (χ0n) is 17.3. The number of benzene rings is 4. The van der Waals surface area contributed by atoms with Gasteiger partial charge in [0.1, 0.15) is 0 Å². The first-order chi connectivity index (χ1) is 16.0. The van der Waals surface area contributed by atoms with Gasteiger partial charge < -0.3 is 0 Å². The Morgan fingerprint density at radius 2 is 1.00 bits per heavy atom. The Morgan fingerprint density at radius 3 is 1.52 bits per heavy atom. The third-order valence-corrected chi connectivity index (χ3v) is 6.39. The van der Waals surface area contributed by atoms with Crippen LogP contribution in [0.1, 0.15) is 0 Å². The van der Waals surface area contributed by atoms with E-state index in [9.17, 15) is 4.79 Å². The molecule has 0 saturated carbocycles. The SMILES string of the molecule is O=c1n(-c2ccc(Cl)cc2)c(-c2ccccc2)c(-c2ccccc2)n1-c1ccc(Cl)c(Cl)c1. The Kier molecular flexibility index (Phi) is 5.86. The summed E-state index contributed by atoms with van der Waals surface area (Å²) in [5, 5.41) is 1.40. The lowest BCUT2D eigenvalue weighted by molar-refractivity contribution is 0.914. The van der Waals surface area contributed by atoms with Crippen LogP contribution >= 0.6 is 34.8 Å². The van der Waals surface area contributed by atoms with Crippen molar-refractivity contribution in [1.82, 2.24) is 9.13 Å². The van der Waals surface area contributed by atoms with Crippen molar-refractivity contribution in [2.24, 2.45) is 0 Å². The average molecular weight is 492 g/mol. The van der Waals surface area contributed by atoms with Crippen LogP contribution in [-0.2, 0) is 0 Å². The van der Waals surface area contributed by atoms with Gasteiger partial charge in [0.15, 0.2) is 0 Å². The highest BCUT2D eigenvalue weighted by molar-refractivity contribution is 6.42. The zero-order valence-corrected chi connectivity index (χ0v) is 19.5. The maximum atomic E-state index is 14.1. The summed E-state index contributed by atoms with van der Waals surface area (Å²) in [6, 6.07) is 32.1. The second-order valence-electron chi connectivity index (χ2n) is 7.46. The molecule has 6 heteroatoms. The van der Waals surface area contributed by atoms with Gasteiger partial charge in [0, 0.05) is 16.1 Å². The standard InChI is InChI=1S/C27H17Cl3N2O/c28-20-11-13-21(14-12-20)31-25(18-7-3-1-4-8-18)26(19-9-5-2-6-10-19)32(27(31)33)22-15-16-23(29)24(30)17-22/h1-17H. The van der Waals surface area contributed by atoms with Crippen LogP contribution in [0.4, 0.5) is 0 Å². The van der Waals surface area contributed by atoms with Crippen molar-refractivity contribution in [3.63, 3.8) is 0 Å². The lowest BCUT2D eigenvalue weighted by atomic mass is 10.0. The van der Waals surface area contributed by atoms with Crippen LogP contribution in [-0.4, -0.2) is 9.13 Å². The predicted octanol–water partition coefficient (Wildman–Crippen LogP) is 7.92. The molecular weight excluding hydrogens is 475 g/mol. The van der Waals surface area contributed by atoms with Gasteiger partial charge in [-0.2, -0.15) is 0 Å². The molecule has 5 aromatic rings. The summed E-state index contributed by atoms with van der Waals surface area (Å²) in [5.41, 5.74) is 4.42. The van der Waals surface area contributed by atoms with Gasteiger partial charge in [0.05, 0.1) is 32.8 Å². The molecule has 0 saturated heterocycles. The minimum Gasteiger partial charge on any atom is -0.260 e. The fourth-order valence-electron chi connectivity index (χ4n) is 3.92. The Labute approximate surface area is 206 Å². The summed E-state index contributed by atoms with van der Waals surface area (Å²) in [7, 11) is 0.